The summed E-state index contributed by atoms with van der Waals surface area (Å²) in [5.74, 6) is -0.00503. The first-order valence-corrected chi connectivity index (χ1v) is 5.43. The van der Waals surface area contributed by atoms with Crippen LogP contribution in [0, 0.1) is 5.92 Å². The van der Waals surface area contributed by atoms with Crippen molar-refractivity contribution in [2.24, 2.45) is 5.92 Å². The molecule has 1 aromatic heterocycles. The molecule has 0 atom stereocenters. The van der Waals surface area contributed by atoms with Crippen LogP contribution < -0.4 is 5.32 Å². The fourth-order valence-electron chi connectivity index (χ4n) is 1.34. The van der Waals surface area contributed by atoms with Crippen LogP contribution in [0.1, 0.15) is 13.8 Å². The van der Waals surface area contributed by atoms with E-state index in [0.717, 1.165) is 11.4 Å². The molecule has 1 aromatic carbocycles. The van der Waals surface area contributed by atoms with Gasteiger partial charge in [-0.1, -0.05) is 13.8 Å². The first-order chi connectivity index (χ1) is 8.16. The summed E-state index contributed by atoms with van der Waals surface area (Å²) < 4.78 is 1.80. The van der Waals surface area contributed by atoms with Crippen molar-refractivity contribution in [3.05, 3.63) is 36.9 Å². The van der Waals surface area contributed by atoms with Gasteiger partial charge in [-0.25, -0.2) is 0 Å². The van der Waals surface area contributed by atoms with Gasteiger partial charge in [0.1, 0.15) is 12.7 Å². The molecular formula is C12H14N4O. The van der Waals surface area contributed by atoms with Crippen molar-refractivity contribution in [2.75, 3.05) is 5.32 Å². The van der Waals surface area contributed by atoms with Gasteiger partial charge in [0.2, 0.25) is 5.91 Å². The number of nitrogens with zero attached hydrogens (tertiary/aromatic N) is 3. The Morgan fingerprint density at radius 3 is 2.29 bits per heavy atom. The predicted molar refractivity (Wildman–Crippen MR) is 64.8 cm³/mol. The highest BCUT2D eigenvalue weighted by Gasteiger charge is 2.06. The lowest BCUT2D eigenvalue weighted by molar-refractivity contribution is -0.118. The molecule has 1 N–H and O–H groups in total. The number of carbonyl (C=O) groups excluding carboxylic acids is 1. The molecule has 2 rings (SSSR count). The largest absolute Gasteiger partial charge is 0.326 e. The summed E-state index contributed by atoms with van der Waals surface area (Å²) in [7, 11) is 0. The van der Waals surface area contributed by atoms with Gasteiger partial charge in [-0.05, 0) is 24.3 Å². The lowest BCUT2D eigenvalue weighted by Crippen LogP contribution is -2.17. The molecular weight excluding hydrogens is 216 g/mol. The van der Waals surface area contributed by atoms with Gasteiger partial charge in [0.25, 0.3) is 0 Å². The Bertz CT molecular complexity index is 488. The summed E-state index contributed by atoms with van der Waals surface area (Å²) in [4.78, 5) is 11.5. The standard InChI is InChI=1S/C12H14N4O/c1-9(2)12(17)15-10-3-5-11(6-4-10)16-7-13-14-8-16/h3-9H,1-2H3,(H,15,17). The minimum atomic E-state index is -0.0208. The molecule has 0 aliphatic rings. The van der Waals surface area contributed by atoms with Crippen molar-refractivity contribution in [3.63, 3.8) is 0 Å². The maximum atomic E-state index is 11.5. The zero-order chi connectivity index (χ0) is 12.3. The van der Waals surface area contributed by atoms with Crippen LogP contribution in [0.15, 0.2) is 36.9 Å². The van der Waals surface area contributed by atoms with E-state index in [4.69, 9.17) is 0 Å². The molecule has 0 saturated carbocycles. The molecule has 0 radical (unpaired) electrons. The Kier molecular flexibility index (Phi) is 3.18. The highest BCUT2D eigenvalue weighted by atomic mass is 16.1. The molecule has 1 amide bonds. The molecule has 2 aromatic rings. The van der Waals surface area contributed by atoms with E-state index < -0.39 is 0 Å². The molecule has 5 nitrogen and oxygen atoms in total. The summed E-state index contributed by atoms with van der Waals surface area (Å²) in [5.41, 5.74) is 1.75. The van der Waals surface area contributed by atoms with E-state index in [2.05, 4.69) is 15.5 Å². The Morgan fingerprint density at radius 1 is 1.18 bits per heavy atom. The number of benzene rings is 1. The van der Waals surface area contributed by atoms with Crippen molar-refractivity contribution in [1.29, 1.82) is 0 Å². The van der Waals surface area contributed by atoms with Gasteiger partial charge < -0.3 is 5.32 Å². The molecule has 1 heterocycles. The van der Waals surface area contributed by atoms with Crippen LogP contribution >= 0.6 is 0 Å². The van der Waals surface area contributed by atoms with E-state index in [1.165, 1.54) is 0 Å². The van der Waals surface area contributed by atoms with E-state index >= 15 is 0 Å². The highest BCUT2D eigenvalue weighted by Crippen LogP contribution is 2.13. The van der Waals surface area contributed by atoms with Crippen molar-refractivity contribution < 1.29 is 4.79 Å². The average molecular weight is 230 g/mol. The van der Waals surface area contributed by atoms with Gasteiger partial charge in [0.15, 0.2) is 0 Å². The quantitative estimate of drug-likeness (QED) is 0.875. The summed E-state index contributed by atoms with van der Waals surface area (Å²) in [6.45, 7) is 3.72. The molecule has 0 aliphatic carbocycles. The first kappa shape index (κ1) is 11.3. The van der Waals surface area contributed by atoms with Crippen molar-refractivity contribution in [1.82, 2.24) is 14.8 Å². The zero-order valence-corrected chi connectivity index (χ0v) is 9.79. The number of hydrogen-bond acceptors (Lipinski definition) is 3. The van der Waals surface area contributed by atoms with Crippen molar-refractivity contribution >= 4 is 11.6 Å². The lowest BCUT2D eigenvalue weighted by atomic mass is 10.2. The Balaban J connectivity index is 2.11. The first-order valence-electron chi connectivity index (χ1n) is 5.43. The summed E-state index contributed by atoms with van der Waals surface area (Å²) in [6.07, 6.45) is 3.25. The molecule has 0 unspecified atom stereocenters. The summed E-state index contributed by atoms with van der Waals surface area (Å²) in [5, 5.41) is 10.3. The number of anilines is 1. The van der Waals surface area contributed by atoms with E-state index in [0.29, 0.717) is 0 Å². The second-order valence-corrected chi connectivity index (χ2v) is 4.06. The Morgan fingerprint density at radius 2 is 1.76 bits per heavy atom. The molecule has 0 fully saturated rings. The molecule has 88 valence electrons. The number of carbonyl (C=O) groups is 1. The average Bonchev–Trinajstić information content (AvgIpc) is 2.83. The van der Waals surface area contributed by atoms with Crippen LogP contribution in [0.3, 0.4) is 0 Å². The fraction of sp³-hybridized carbons (Fsp3) is 0.250. The molecule has 5 heteroatoms. The summed E-state index contributed by atoms with van der Waals surface area (Å²) >= 11 is 0. The maximum absolute atomic E-state index is 11.5. The van der Waals surface area contributed by atoms with Crippen LogP contribution in [-0.2, 0) is 4.79 Å². The topological polar surface area (TPSA) is 59.8 Å². The van der Waals surface area contributed by atoms with Crippen LogP contribution in [-0.4, -0.2) is 20.7 Å². The molecule has 0 aliphatic heterocycles. The SMILES string of the molecule is CC(C)C(=O)Nc1ccc(-n2cnnc2)cc1. The minimum Gasteiger partial charge on any atom is -0.326 e. The van der Waals surface area contributed by atoms with Gasteiger partial charge in [-0.15, -0.1) is 10.2 Å². The van der Waals surface area contributed by atoms with Gasteiger partial charge in [-0.2, -0.15) is 0 Å². The highest BCUT2D eigenvalue weighted by molar-refractivity contribution is 5.92. The second kappa shape index (κ2) is 4.78. The Labute approximate surface area is 99.5 Å². The van der Waals surface area contributed by atoms with Gasteiger partial charge in [-0.3, -0.25) is 9.36 Å². The number of amides is 1. The van der Waals surface area contributed by atoms with Crippen LogP contribution in [0.5, 0.6) is 0 Å². The number of nitrogens with one attached hydrogen (secondary N) is 1. The maximum Gasteiger partial charge on any atom is 0.226 e. The smallest absolute Gasteiger partial charge is 0.226 e. The van der Waals surface area contributed by atoms with Crippen molar-refractivity contribution in [3.8, 4) is 5.69 Å². The Hall–Kier alpha value is -2.17. The number of aromatic nitrogens is 3. The van der Waals surface area contributed by atoms with E-state index in [9.17, 15) is 4.79 Å². The minimum absolute atomic E-state index is 0.0158. The van der Waals surface area contributed by atoms with E-state index in [-0.39, 0.29) is 11.8 Å². The lowest BCUT2D eigenvalue weighted by Gasteiger charge is -2.08. The summed E-state index contributed by atoms with van der Waals surface area (Å²) in [6, 6.07) is 7.52. The monoisotopic (exact) mass is 230 g/mol. The third-order valence-electron chi connectivity index (χ3n) is 2.38. The zero-order valence-electron chi connectivity index (χ0n) is 9.79. The van der Waals surface area contributed by atoms with Crippen LogP contribution in [0.25, 0.3) is 5.69 Å². The molecule has 0 saturated heterocycles. The molecule has 0 spiro atoms. The molecule has 0 bridgehead atoms. The van der Waals surface area contributed by atoms with Gasteiger partial charge in [0, 0.05) is 17.3 Å². The van der Waals surface area contributed by atoms with Crippen molar-refractivity contribution in [2.45, 2.75) is 13.8 Å². The van der Waals surface area contributed by atoms with Crippen LogP contribution in [0.4, 0.5) is 5.69 Å². The van der Waals surface area contributed by atoms with E-state index in [1.54, 1.807) is 17.2 Å². The third kappa shape index (κ3) is 2.69. The predicted octanol–water partition coefficient (Wildman–Crippen LogP) is 1.86. The fourth-order valence-corrected chi connectivity index (χ4v) is 1.34. The molecule has 17 heavy (non-hydrogen) atoms. The van der Waals surface area contributed by atoms with Gasteiger partial charge in [0.05, 0.1) is 0 Å². The number of hydrogen-bond donors (Lipinski definition) is 1. The second-order valence-electron chi connectivity index (χ2n) is 4.06. The normalized spacial score (nSPS) is 10.5. The number of rotatable bonds is 3. The van der Waals surface area contributed by atoms with E-state index in [1.807, 2.05) is 38.1 Å². The van der Waals surface area contributed by atoms with Crippen LogP contribution in [0.2, 0.25) is 0 Å². The third-order valence-corrected chi connectivity index (χ3v) is 2.38. The van der Waals surface area contributed by atoms with Gasteiger partial charge >= 0.3 is 0 Å².